The van der Waals surface area contributed by atoms with E-state index in [1.807, 2.05) is 19.1 Å². The molecule has 2 aromatic heterocycles. The summed E-state index contributed by atoms with van der Waals surface area (Å²) in [5, 5.41) is 9.57. The van der Waals surface area contributed by atoms with E-state index in [-0.39, 0.29) is 11.8 Å². The number of hydrogen-bond acceptors (Lipinski definition) is 4. The van der Waals surface area contributed by atoms with Crippen LogP contribution in [0.5, 0.6) is 0 Å². The number of benzene rings is 1. The Labute approximate surface area is 176 Å². The molecule has 1 saturated carbocycles. The number of rotatable bonds is 8. The van der Waals surface area contributed by atoms with Crippen molar-refractivity contribution in [3.8, 4) is 0 Å². The third kappa shape index (κ3) is 3.90. The van der Waals surface area contributed by atoms with Gasteiger partial charge in [-0.15, -0.1) is 10.2 Å². The molecule has 1 aliphatic carbocycles. The van der Waals surface area contributed by atoms with Gasteiger partial charge in [0.25, 0.3) is 0 Å². The molecule has 0 spiro atoms. The molecule has 0 bridgehead atoms. The van der Waals surface area contributed by atoms with E-state index >= 15 is 0 Å². The van der Waals surface area contributed by atoms with Crippen LogP contribution < -0.4 is 0 Å². The summed E-state index contributed by atoms with van der Waals surface area (Å²) in [5.41, 5.74) is 4.19. The second kappa shape index (κ2) is 8.19. The minimum atomic E-state index is 0.147. The number of thioether (sulfide) groups is 1. The van der Waals surface area contributed by atoms with Crippen molar-refractivity contribution in [3.63, 3.8) is 0 Å². The van der Waals surface area contributed by atoms with E-state index in [0.29, 0.717) is 11.7 Å². The smallest absolute Gasteiger partial charge is 0.191 e. The summed E-state index contributed by atoms with van der Waals surface area (Å²) >= 11 is 1.50. The number of carbonyl (C=O) groups excluding carboxylic acids is 1. The van der Waals surface area contributed by atoms with Gasteiger partial charge in [0.2, 0.25) is 0 Å². The molecule has 3 aromatic rings. The van der Waals surface area contributed by atoms with Gasteiger partial charge in [-0.3, -0.25) is 4.79 Å². The maximum Gasteiger partial charge on any atom is 0.191 e. The van der Waals surface area contributed by atoms with Gasteiger partial charge < -0.3 is 9.13 Å². The molecule has 0 N–H and O–H groups in total. The first-order valence-corrected chi connectivity index (χ1v) is 11.3. The zero-order valence-electron chi connectivity index (χ0n) is 17.6. The average molecular weight is 409 g/mol. The molecule has 0 saturated heterocycles. The number of carbonyl (C=O) groups is 1. The molecule has 2 heterocycles. The summed E-state index contributed by atoms with van der Waals surface area (Å²) in [6, 6.07) is 12.6. The van der Waals surface area contributed by atoms with Crippen LogP contribution in [0.4, 0.5) is 0 Å². The van der Waals surface area contributed by atoms with Crippen LogP contribution in [-0.4, -0.2) is 30.9 Å². The highest BCUT2D eigenvalue weighted by atomic mass is 32.2. The standard InChI is InChI=1S/C23H28N4OS/c1-5-26-22(19-11-12-19)24-25-23(26)29-14-21(28)20-13-15(2)27(17(20)4)16(3)18-9-7-6-8-10-18/h6-10,13,16,19H,5,11-12,14H2,1-4H3/t16-/m0/s1. The van der Waals surface area contributed by atoms with Crippen LogP contribution in [0.2, 0.25) is 0 Å². The van der Waals surface area contributed by atoms with Crippen LogP contribution in [0.15, 0.2) is 41.6 Å². The molecule has 4 rings (SSSR count). The first kappa shape index (κ1) is 20.0. The van der Waals surface area contributed by atoms with E-state index in [9.17, 15) is 4.79 Å². The minimum absolute atomic E-state index is 0.147. The van der Waals surface area contributed by atoms with Crippen molar-refractivity contribution in [2.45, 2.75) is 64.2 Å². The molecule has 29 heavy (non-hydrogen) atoms. The molecule has 1 aliphatic rings. The maximum absolute atomic E-state index is 13.0. The van der Waals surface area contributed by atoms with Gasteiger partial charge in [0, 0.05) is 29.4 Å². The molecule has 0 unspecified atom stereocenters. The number of aryl methyl sites for hydroxylation is 1. The lowest BCUT2D eigenvalue weighted by molar-refractivity contribution is 0.102. The van der Waals surface area contributed by atoms with E-state index in [1.165, 1.54) is 30.2 Å². The largest absolute Gasteiger partial charge is 0.341 e. The predicted octanol–water partition coefficient (Wildman–Crippen LogP) is 5.18. The van der Waals surface area contributed by atoms with Gasteiger partial charge >= 0.3 is 0 Å². The summed E-state index contributed by atoms with van der Waals surface area (Å²) < 4.78 is 4.42. The lowest BCUT2D eigenvalue weighted by Crippen LogP contribution is -2.12. The molecule has 0 amide bonds. The molecule has 0 aliphatic heterocycles. The predicted molar refractivity (Wildman–Crippen MR) is 117 cm³/mol. The average Bonchev–Trinajstić information content (AvgIpc) is 3.42. The first-order valence-electron chi connectivity index (χ1n) is 10.3. The zero-order valence-corrected chi connectivity index (χ0v) is 18.4. The van der Waals surface area contributed by atoms with E-state index in [1.54, 1.807) is 0 Å². The molecular formula is C23H28N4OS. The number of nitrogens with zero attached hydrogens (tertiary/aromatic N) is 4. The van der Waals surface area contributed by atoms with Gasteiger partial charge in [-0.2, -0.15) is 0 Å². The molecule has 1 fully saturated rings. The Bertz CT molecular complexity index is 1020. The first-order chi connectivity index (χ1) is 14.0. The Morgan fingerprint density at radius 3 is 2.59 bits per heavy atom. The Morgan fingerprint density at radius 1 is 1.21 bits per heavy atom. The maximum atomic E-state index is 13.0. The molecule has 1 atom stereocenters. The highest BCUT2D eigenvalue weighted by Gasteiger charge is 2.30. The summed E-state index contributed by atoms with van der Waals surface area (Å²) in [6.45, 7) is 9.26. The topological polar surface area (TPSA) is 52.7 Å². The van der Waals surface area contributed by atoms with Crippen molar-refractivity contribution in [3.05, 3.63) is 64.7 Å². The number of ketones is 1. The Kier molecular flexibility index (Phi) is 5.63. The fourth-order valence-corrected chi connectivity index (χ4v) is 4.98. The van der Waals surface area contributed by atoms with Crippen LogP contribution in [0, 0.1) is 13.8 Å². The van der Waals surface area contributed by atoms with Crippen LogP contribution >= 0.6 is 11.8 Å². The van der Waals surface area contributed by atoms with Crippen molar-refractivity contribution in [2.24, 2.45) is 0 Å². The summed E-state index contributed by atoms with van der Waals surface area (Å²) in [5.74, 6) is 2.17. The van der Waals surface area contributed by atoms with Gasteiger partial charge in [-0.05, 0) is 52.2 Å². The molecule has 6 heteroatoms. The van der Waals surface area contributed by atoms with Gasteiger partial charge in [0.05, 0.1) is 11.8 Å². The van der Waals surface area contributed by atoms with Crippen LogP contribution in [0.1, 0.15) is 71.8 Å². The van der Waals surface area contributed by atoms with Gasteiger partial charge in [-0.1, -0.05) is 42.1 Å². The molecular weight excluding hydrogens is 380 g/mol. The highest BCUT2D eigenvalue weighted by molar-refractivity contribution is 7.99. The van der Waals surface area contributed by atoms with Crippen molar-refractivity contribution < 1.29 is 4.79 Å². The second-order valence-electron chi connectivity index (χ2n) is 7.81. The quantitative estimate of drug-likeness (QED) is 0.381. The summed E-state index contributed by atoms with van der Waals surface area (Å²) in [4.78, 5) is 13.0. The number of Topliss-reactive ketones (excluding diaryl/α,β-unsaturated/α-hetero) is 1. The lowest BCUT2D eigenvalue weighted by atomic mass is 10.1. The third-order valence-electron chi connectivity index (χ3n) is 5.79. The van der Waals surface area contributed by atoms with Crippen molar-refractivity contribution in [1.82, 2.24) is 19.3 Å². The molecule has 152 valence electrons. The van der Waals surface area contributed by atoms with Crippen molar-refractivity contribution in [2.75, 3.05) is 5.75 Å². The monoisotopic (exact) mass is 408 g/mol. The molecule has 0 radical (unpaired) electrons. The highest BCUT2D eigenvalue weighted by Crippen LogP contribution is 2.40. The number of aromatic nitrogens is 4. The fraction of sp³-hybridized carbons (Fsp3) is 0.435. The normalized spacial score (nSPS) is 14.9. The second-order valence-corrected chi connectivity index (χ2v) is 8.76. The molecule has 5 nitrogen and oxygen atoms in total. The van der Waals surface area contributed by atoms with Crippen LogP contribution in [0.3, 0.4) is 0 Å². The van der Waals surface area contributed by atoms with Crippen molar-refractivity contribution in [1.29, 1.82) is 0 Å². The SMILES string of the molecule is CCn1c(SCC(=O)c2cc(C)n([C@@H](C)c3ccccc3)c2C)nnc1C1CC1. The number of hydrogen-bond donors (Lipinski definition) is 0. The fourth-order valence-electron chi connectivity index (χ4n) is 4.09. The summed E-state index contributed by atoms with van der Waals surface area (Å²) in [7, 11) is 0. The molecule has 1 aromatic carbocycles. The van der Waals surface area contributed by atoms with Crippen LogP contribution in [0.25, 0.3) is 0 Å². The Balaban J connectivity index is 1.51. The van der Waals surface area contributed by atoms with Gasteiger partial charge in [0.1, 0.15) is 5.82 Å². The van der Waals surface area contributed by atoms with E-state index in [2.05, 4.69) is 64.4 Å². The zero-order chi connectivity index (χ0) is 20.5. The van der Waals surface area contributed by atoms with Crippen molar-refractivity contribution >= 4 is 17.5 Å². The van der Waals surface area contributed by atoms with E-state index in [0.717, 1.165) is 34.5 Å². The minimum Gasteiger partial charge on any atom is -0.341 e. The van der Waals surface area contributed by atoms with Gasteiger partial charge in [0.15, 0.2) is 10.9 Å². The van der Waals surface area contributed by atoms with Gasteiger partial charge in [-0.25, -0.2) is 0 Å². The lowest BCUT2D eigenvalue weighted by Gasteiger charge is -2.19. The van der Waals surface area contributed by atoms with Crippen LogP contribution in [-0.2, 0) is 6.54 Å². The van der Waals surface area contributed by atoms with E-state index < -0.39 is 0 Å². The Morgan fingerprint density at radius 2 is 1.93 bits per heavy atom. The van der Waals surface area contributed by atoms with E-state index in [4.69, 9.17) is 0 Å². The summed E-state index contributed by atoms with van der Waals surface area (Å²) in [6.07, 6.45) is 2.40. The Hall–Kier alpha value is -2.34. The third-order valence-corrected chi connectivity index (χ3v) is 6.76.